The van der Waals surface area contributed by atoms with E-state index in [1.54, 1.807) is 51.1 Å². The molecule has 1 aromatic heterocycles. The van der Waals surface area contributed by atoms with Gasteiger partial charge < -0.3 is 28.8 Å². The van der Waals surface area contributed by atoms with Gasteiger partial charge in [0.05, 0.1) is 45.2 Å². The Bertz CT molecular complexity index is 1840. The zero-order valence-electron chi connectivity index (χ0n) is 26.8. The van der Waals surface area contributed by atoms with Gasteiger partial charge in [-0.3, -0.25) is 14.5 Å². The van der Waals surface area contributed by atoms with Crippen molar-refractivity contribution < 1.29 is 43.2 Å². The minimum atomic E-state index is -1.18. The quantitative estimate of drug-likeness (QED) is 0.0864. The topological polar surface area (TPSA) is 134 Å². The molecule has 11 nitrogen and oxygen atoms in total. The van der Waals surface area contributed by atoms with E-state index in [-0.39, 0.29) is 33.7 Å². The molecule has 0 radical (unpaired) electrons. The van der Waals surface area contributed by atoms with E-state index < -0.39 is 29.5 Å². The number of amides is 1. The van der Waals surface area contributed by atoms with Crippen molar-refractivity contribution >= 4 is 39.9 Å². The van der Waals surface area contributed by atoms with E-state index in [2.05, 4.69) is 4.98 Å². The van der Waals surface area contributed by atoms with E-state index in [0.717, 1.165) is 16.9 Å². The summed E-state index contributed by atoms with van der Waals surface area (Å²) < 4.78 is 27.7. The lowest BCUT2D eigenvalue weighted by atomic mass is 9.93. The molecule has 3 aromatic carbocycles. The van der Waals surface area contributed by atoms with Crippen LogP contribution in [-0.2, 0) is 20.9 Å². The number of hydrogen-bond acceptors (Lipinski definition) is 11. The molecule has 2 heterocycles. The van der Waals surface area contributed by atoms with Crippen LogP contribution in [0.25, 0.3) is 5.76 Å². The third kappa shape index (κ3) is 6.36. The number of benzene rings is 3. The van der Waals surface area contributed by atoms with Crippen molar-refractivity contribution in [3.8, 4) is 23.0 Å². The summed E-state index contributed by atoms with van der Waals surface area (Å²) in [6.45, 7) is 5.56. The molecule has 47 heavy (non-hydrogen) atoms. The number of carbonyl (C=O) groups is 3. The Hall–Kier alpha value is -5.36. The fourth-order valence-corrected chi connectivity index (χ4v) is 6.34. The SMILES string of the molecule is CCOC(=O)c1sc(N2C(=O)C(=O)C(=C(O)c3ccc(OCc4ccccc4)cc3C)[C@@H]2c2cc(OC)c(OC)c(OC)c2)nc1C. The predicted molar refractivity (Wildman–Crippen MR) is 176 cm³/mol. The van der Waals surface area contributed by atoms with Crippen molar-refractivity contribution in [2.45, 2.75) is 33.4 Å². The Kier molecular flexibility index (Phi) is 9.80. The minimum Gasteiger partial charge on any atom is -0.507 e. The monoisotopic (exact) mass is 658 g/mol. The Morgan fingerprint density at radius 2 is 1.64 bits per heavy atom. The molecule has 1 aliphatic rings. The molecule has 4 aromatic rings. The molecule has 0 bridgehead atoms. The van der Waals surface area contributed by atoms with Crippen molar-refractivity contribution in [2.75, 3.05) is 32.8 Å². The number of rotatable bonds is 11. The van der Waals surface area contributed by atoms with Crippen molar-refractivity contribution in [3.05, 3.63) is 99.1 Å². The number of thiazole rings is 1. The number of esters is 1. The van der Waals surface area contributed by atoms with Gasteiger partial charge in [0.1, 0.15) is 23.0 Å². The minimum absolute atomic E-state index is 0.0758. The molecular weight excluding hydrogens is 624 g/mol. The molecule has 0 unspecified atom stereocenters. The molecule has 0 aliphatic carbocycles. The van der Waals surface area contributed by atoms with Crippen molar-refractivity contribution in [1.29, 1.82) is 0 Å². The zero-order chi connectivity index (χ0) is 33.8. The van der Waals surface area contributed by atoms with E-state index in [4.69, 9.17) is 23.7 Å². The summed E-state index contributed by atoms with van der Waals surface area (Å²) in [5.41, 5.74) is 2.44. The number of aryl methyl sites for hydroxylation is 2. The Balaban J connectivity index is 1.65. The van der Waals surface area contributed by atoms with Gasteiger partial charge in [-0.05, 0) is 67.8 Å². The fraction of sp³-hybridized carbons (Fsp3) is 0.257. The summed E-state index contributed by atoms with van der Waals surface area (Å²) in [5, 5.41) is 11.9. The number of hydrogen-bond donors (Lipinski definition) is 1. The molecule has 0 saturated carbocycles. The van der Waals surface area contributed by atoms with Crippen LogP contribution in [0.3, 0.4) is 0 Å². The van der Waals surface area contributed by atoms with E-state index in [9.17, 15) is 19.5 Å². The number of aliphatic hydroxyl groups is 1. The maximum atomic E-state index is 13.8. The maximum absolute atomic E-state index is 13.8. The fourth-order valence-electron chi connectivity index (χ4n) is 5.35. The maximum Gasteiger partial charge on any atom is 0.350 e. The molecule has 0 spiro atoms. The van der Waals surface area contributed by atoms with Crippen molar-refractivity contribution in [3.63, 3.8) is 0 Å². The van der Waals surface area contributed by atoms with Gasteiger partial charge in [-0.25, -0.2) is 9.78 Å². The first-order chi connectivity index (χ1) is 22.6. The van der Waals surface area contributed by atoms with Gasteiger partial charge in [-0.1, -0.05) is 41.7 Å². The number of ketones is 1. The van der Waals surface area contributed by atoms with Gasteiger partial charge in [0.15, 0.2) is 16.6 Å². The number of aromatic nitrogens is 1. The molecule has 1 saturated heterocycles. The normalized spacial score (nSPS) is 15.4. The van der Waals surface area contributed by atoms with Crippen LogP contribution < -0.4 is 23.8 Å². The lowest BCUT2D eigenvalue weighted by Crippen LogP contribution is -2.29. The molecule has 1 amide bonds. The van der Waals surface area contributed by atoms with Crippen LogP contribution in [0.5, 0.6) is 23.0 Å². The van der Waals surface area contributed by atoms with Crippen LogP contribution in [0, 0.1) is 13.8 Å². The van der Waals surface area contributed by atoms with Crippen LogP contribution >= 0.6 is 11.3 Å². The highest BCUT2D eigenvalue weighted by Gasteiger charge is 2.49. The zero-order valence-corrected chi connectivity index (χ0v) is 27.6. The molecule has 244 valence electrons. The molecule has 1 aliphatic heterocycles. The Morgan fingerprint density at radius 3 is 2.23 bits per heavy atom. The van der Waals surface area contributed by atoms with Crippen LogP contribution in [0.4, 0.5) is 5.13 Å². The molecule has 1 fully saturated rings. The van der Waals surface area contributed by atoms with Crippen LogP contribution in [0.15, 0.2) is 66.2 Å². The first-order valence-electron chi connectivity index (χ1n) is 14.7. The summed E-state index contributed by atoms with van der Waals surface area (Å²) in [6.07, 6.45) is 0. The van der Waals surface area contributed by atoms with Crippen LogP contribution in [0.2, 0.25) is 0 Å². The highest BCUT2D eigenvalue weighted by Crippen LogP contribution is 2.48. The highest BCUT2D eigenvalue weighted by molar-refractivity contribution is 7.17. The second kappa shape index (κ2) is 14.0. The second-order valence-corrected chi connectivity index (χ2v) is 11.5. The highest BCUT2D eigenvalue weighted by atomic mass is 32.1. The first-order valence-corrected chi connectivity index (χ1v) is 15.5. The van der Waals surface area contributed by atoms with E-state index in [1.807, 2.05) is 30.3 Å². The molecular formula is C35H34N2O9S. The predicted octanol–water partition coefficient (Wildman–Crippen LogP) is 6.17. The lowest BCUT2D eigenvalue weighted by molar-refractivity contribution is -0.132. The van der Waals surface area contributed by atoms with Gasteiger partial charge in [0, 0.05) is 5.56 Å². The summed E-state index contributed by atoms with van der Waals surface area (Å²) in [5.74, 6) is -1.46. The average Bonchev–Trinajstić information content (AvgIpc) is 3.59. The van der Waals surface area contributed by atoms with Gasteiger partial charge in [-0.15, -0.1) is 0 Å². The van der Waals surface area contributed by atoms with Crippen molar-refractivity contribution in [1.82, 2.24) is 4.98 Å². The third-order valence-electron chi connectivity index (χ3n) is 7.60. The number of carbonyl (C=O) groups excluding carboxylic acids is 3. The number of ether oxygens (including phenoxy) is 5. The standard InChI is InChI=1S/C35H34N2O9S/c1-7-45-34(41)32-20(3)36-35(47-32)37-28(22-16-25(42-4)31(44-6)26(17-22)43-5)27(30(39)33(37)40)29(38)24-14-13-23(15-19(24)2)46-18-21-11-9-8-10-12-21/h8-17,28,38H,7,18H2,1-6H3/t28-/m0/s1. The second-order valence-electron chi connectivity index (χ2n) is 10.5. The van der Waals surface area contributed by atoms with Crippen molar-refractivity contribution in [2.24, 2.45) is 0 Å². The number of nitrogens with zero attached hydrogens (tertiary/aromatic N) is 2. The average molecular weight is 659 g/mol. The molecule has 1 N–H and O–H groups in total. The number of aliphatic hydroxyl groups excluding tert-OH is 1. The van der Waals surface area contributed by atoms with E-state index in [0.29, 0.717) is 40.5 Å². The van der Waals surface area contributed by atoms with E-state index in [1.165, 1.54) is 26.2 Å². The van der Waals surface area contributed by atoms with E-state index >= 15 is 0 Å². The number of anilines is 1. The lowest BCUT2D eigenvalue weighted by Gasteiger charge is -2.25. The number of Topliss-reactive ketones (excluding diaryl/α,β-unsaturated/α-hetero) is 1. The summed E-state index contributed by atoms with van der Waals surface area (Å²) in [7, 11) is 4.34. The Morgan fingerprint density at radius 1 is 0.957 bits per heavy atom. The summed E-state index contributed by atoms with van der Waals surface area (Å²) >= 11 is 0.914. The van der Waals surface area contributed by atoms with Gasteiger partial charge in [0.25, 0.3) is 5.78 Å². The Labute approximate surface area is 275 Å². The van der Waals surface area contributed by atoms with Gasteiger partial charge in [0.2, 0.25) is 5.75 Å². The van der Waals surface area contributed by atoms with Gasteiger partial charge in [-0.2, -0.15) is 0 Å². The molecule has 5 rings (SSSR count). The van der Waals surface area contributed by atoms with Crippen LogP contribution in [0.1, 0.15) is 50.6 Å². The molecule has 12 heteroatoms. The molecule has 1 atom stereocenters. The van der Waals surface area contributed by atoms with Crippen LogP contribution in [-0.4, -0.2) is 55.7 Å². The van der Waals surface area contributed by atoms with Gasteiger partial charge >= 0.3 is 11.9 Å². The largest absolute Gasteiger partial charge is 0.507 e. The third-order valence-corrected chi connectivity index (χ3v) is 8.74. The smallest absolute Gasteiger partial charge is 0.350 e. The number of methoxy groups -OCH3 is 3. The first kappa shape index (κ1) is 33.0. The summed E-state index contributed by atoms with van der Waals surface area (Å²) in [6, 6.07) is 16.8. The summed E-state index contributed by atoms with van der Waals surface area (Å²) in [4.78, 5) is 46.2.